The Morgan fingerprint density at radius 2 is 2.11 bits per heavy atom. The molecule has 1 aliphatic carbocycles. The van der Waals surface area contributed by atoms with Gasteiger partial charge in [0.05, 0.1) is 0 Å². The third-order valence-corrected chi connectivity index (χ3v) is 3.70. The van der Waals surface area contributed by atoms with Crippen LogP contribution < -0.4 is 5.32 Å². The van der Waals surface area contributed by atoms with Crippen LogP contribution >= 0.6 is 0 Å². The van der Waals surface area contributed by atoms with E-state index in [1.807, 2.05) is 12.1 Å². The molecule has 0 aliphatic heterocycles. The van der Waals surface area contributed by atoms with Crippen LogP contribution in [0, 0.1) is 11.7 Å². The summed E-state index contributed by atoms with van der Waals surface area (Å²) in [7, 11) is 0. The van der Waals surface area contributed by atoms with Crippen molar-refractivity contribution < 1.29 is 4.39 Å². The molecular formula is C16H24FN. The van der Waals surface area contributed by atoms with Crippen molar-refractivity contribution in [2.45, 2.75) is 51.5 Å². The van der Waals surface area contributed by atoms with Crippen LogP contribution in [0.5, 0.6) is 0 Å². The van der Waals surface area contributed by atoms with Crippen molar-refractivity contribution in [1.82, 2.24) is 5.32 Å². The summed E-state index contributed by atoms with van der Waals surface area (Å²) in [6.45, 7) is 3.26. The highest BCUT2D eigenvalue weighted by atomic mass is 19.1. The van der Waals surface area contributed by atoms with E-state index in [0.717, 1.165) is 24.6 Å². The maximum absolute atomic E-state index is 13.7. The van der Waals surface area contributed by atoms with E-state index in [9.17, 15) is 4.39 Å². The second-order valence-electron chi connectivity index (χ2n) is 5.49. The van der Waals surface area contributed by atoms with Crippen molar-refractivity contribution in [3.05, 3.63) is 35.6 Å². The van der Waals surface area contributed by atoms with Gasteiger partial charge in [0.1, 0.15) is 5.82 Å². The number of benzene rings is 1. The van der Waals surface area contributed by atoms with Crippen LogP contribution in [0.3, 0.4) is 0 Å². The van der Waals surface area contributed by atoms with Gasteiger partial charge < -0.3 is 5.32 Å². The van der Waals surface area contributed by atoms with Gasteiger partial charge in [-0.1, -0.05) is 38.0 Å². The van der Waals surface area contributed by atoms with Crippen LogP contribution in [-0.2, 0) is 6.42 Å². The Bertz CT molecular complexity index is 360. The van der Waals surface area contributed by atoms with Gasteiger partial charge in [-0.3, -0.25) is 0 Å². The van der Waals surface area contributed by atoms with Crippen LogP contribution in [0.4, 0.5) is 4.39 Å². The van der Waals surface area contributed by atoms with E-state index < -0.39 is 0 Å². The Morgan fingerprint density at radius 1 is 1.33 bits per heavy atom. The molecule has 2 heteroatoms. The molecule has 1 nitrogen and oxygen atoms in total. The Balaban J connectivity index is 1.87. The summed E-state index contributed by atoms with van der Waals surface area (Å²) >= 11 is 0. The molecule has 1 unspecified atom stereocenters. The molecule has 1 aromatic carbocycles. The number of halogens is 1. The van der Waals surface area contributed by atoms with Crippen LogP contribution in [0.1, 0.15) is 44.6 Å². The van der Waals surface area contributed by atoms with Gasteiger partial charge in [0, 0.05) is 6.04 Å². The highest BCUT2D eigenvalue weighted by Gasteiger charge is 2.22. The molecule has 2 rings (SSSR count). The number of hydrogen-bond donors (Lipinski definition) is 1. The highest BCUT2D eigenvalue weighted by Crippen LogP contribution is 2.21. The van der Waals surface area contributed by atoms with Gasteiger partial charge in [0.25, 0.3) is 0 Å². The molecule has 0 amide bonds. The van der Waals surface area contributed by atoms with Crippen LogP contribution in [-0.4, -0.2) is 12.6 Å². The third-order valence-electron chi connectivity index (χ3n) is 3.70. The molecule has 1 N–H and O–H groups in total. The molecule has 0 radical (unpaired) electrons. The molecule has 0 aromatic heterocycles. The molecule has 0 saturated heterocycles. The minimum atomic E-state index is -0.0505. The SMILES string of the molecule is CCCCC(CNC1CC1)Cc1ccccc1F. The molecule has 18 heavy (non-hydrogen) atoms. The first kappa shape index (κ1) is 13.5. The average Bonchev–Trinajstić information content (AvgIpc) is 3.19. The third kappa shape index (κ3) is 4.41. The Hall–Kier alpha value is -0.890. The summed E-state index contributed by atoms with van der Waals surface area (Å²) in [4.78, 5) is 0. The zero-order valence-corrected chi connectivity index (χ0v) is 11.3. The molecule has 1 fully saturated rings. The number of rotatable bonds is 8. The molecule has 0 heterocycles. The number of nitrogens with one attached hydrogen (secondary N) is 1. The van der Waals surface area contributed by atoms with Gasteiger partial charge in [-0.05, 0) is 49.8 Å². The van der Waals surface area contributed by atoms with E-state index in [1.165, 1.54) is 32.1 Å². The van der Waals surface area contributed by atoms with E-state index in [4.69, 9.17) is 0 Å². The quantitative estimate of drug-likeness (QED) is 0.736. The second-order valence-corrected chi connectivity index (χ2v) is 5.49. The maximum atomic E-state index is 13.7. The van der Waals surface area contributed by atoms with E-state index in [-0.39, 0.29) is 5.82 Å². The summed E-state index contributed by atoms with van der Waals surface area (Å²) < 4.78 is 13.7. The zero-order chi connectivity index (χ0) is 12.8. The minimum absolute atomic E-state index is 0.0505. The van der Waals surface area contributed by atoms with Gasteiger partial charge in [0.15, 0.2) is 0 Å². The zero-order valence-electron chi connectivity index (χ0n) is 11.3. The molecule has 1 aromatic rings. The maximum Gasteiger partial charge on any atom is 0.126 e. The van der Waals surface area contributed by atoms with Crippen molar-refractivity contribution >= 4 is 0 Å². The van der Waals surface area contributed by atoms with Crippen LogP contribution in [0.15, 0.2) is 24.3 Å². The summed E-state index contributed by atoms with van der Waals surface area (Å²) in [5, 5.41) is 3.58. The molecular weight excluding hydrogens is 225 g/mol. The lowest BCUT2D eigenvalue weighted by Crippen LogP contribution is -2.26. The van der Waals surface area contributed by atoms with Gasteiger partial charge in [-0.25, -0.2) is 4.39 Å². The lowest BCUT2D eigenvalue weighted by atomic mass is 9.93. The summed E-state index contributed by atoms with van der Waals surface area (Å²) in [6, 6.07) is 7.94. The Kier molecular flexibility index (Phi) is 5.18. The van der Waals surface area contributed by atoms with Crippen LogP contribution in [0.25, 0.3) is 0 Å². The molecule has 0 spiro atoms. The number of unbranched alkanes of at least 4 members (excludes halogenated alkanes) is 1. The first-order valence-electron chi connectivity index (χ1n) is 7.26. The van der Waals surface area contributed by atoms with Gasteiger partial charge >= 0.3 is 0 Å². The smallest absolute Gasteiger partial charge is 0.126 e. The fourth-order valence-corrected chi connectivity index (χ4v) is 2.36. The Morgan fingerprint density at radius 3 is 2.78 bits per heavy atom. The molecule has 1 atom stereocenters. The van der Waals surface area contributed by atoms with E-state index in [1.54, 1.807) is 12.1 Å². The second kappa shape index (κ2) is 6.89. The standard InChI is InChI=1S/C16H24FN/c1-2-3-6-13(12-18-15-9-10-15)11-14-7-4-5-8-16(14)17/h4-5,7-8,13,15,18H,2-3,6,9-12H2,1H3. The fraction of sp³-hybridized carbons (Fsp3) is 0.625. The molecule has 100 valence electrons. The van der Waals surface area contributed by atoms with E-state index in [2.05, 4.69) is 12.2 Å². The van der Waals surface area contributed by atoms with Crippen molar-refractivity contribution in [3.8, 4) is 0 Å². The lowest BCUT2D eigenvalue weighted by Gasteiger charge is -2.17. The minimum Gasteiger partial charge on any atom is -0.314 e. The predicted octanol–water partition coefficient (Wildman–Crippen LogP) is 3.93. The first-order chi connectivity index (χ1) is 8.79. The van der Waals surface area contributed by atoms with Gasteiger partial charge in [-0.2, -0.15) is 0 Å². The monoisotopic (exact) mass is 249 g/mol. The molecule has 0 bridgehead atoms. The van der Waals surface area contributed by atoms with E-state index >= 15 is 0 Å². The van der Waals surface area contributed by atoms with Crippen molar-refractivity contribution in [2.75, 3.05) is 6.54 Å². The van der Waals surface area contributed by atoms with E-state index in [0.29, 0.717) is 5.92 Å². The van der Waals surface area contributed by atoms with Crippen molar-refractivity contribution in [2.24, 2.45) is 5.92 Å². The van der Waals surface area contributed by atoms with Gasteiger partial charge in [-0.15, -0.1) is 0 Å². The predicted molar refractivity (Wildman–Crippen MR) is 74.1 cm³/mol. The van der Waals surface area contributed by atoms with Gasteiger partial charge in [0.2, 0.25) is 0 Å². The first-order valence-corrected chi connectivity index (χ1v) is 7.26. The van der Waals surface area contributed by atoms with Crippen molar-refractivity contribution in [3.63, 3.8) is 0 Å². The lowest BCUT2D eigenvalue weighted by molar-refractivity contribution is 0.421. The molecule has 1 aliphatic rings. The van der Waals surface area contributed by atoms with Crippen molar-refractivity contribution in [1.29, 1.82) is 0 Å². The van der Waals surface area contributed by atoms with Crippen LogP contribution in [0.2, 0.25) is 0 Å². The Labute approximate surface area is 110 Å². The summed E-state index contributed by atoms with van der Waals surface area (Å²) in [5.41, 5.74) is 0.871. The topological polar surface area (TPSA) is 12.0 Å². The normalized spacial score (nSPS) is 16.8. The molecule has 1 saturated carbocycles. The average molecular weight is 249 g/mol. The summed E-state index contributed by atoms with van der Waals surface area (Å²) in [5.74, 6) is 0.521. The fourth-order valence-electron chi connectivity index (χ4n) is 2.36. The number of hydrogen-bond acceptors (Lipinski definition) is 1. The largest absolute Gasteiger partial charge is 0.314 e. The summed E-state index contributed by atoms with van der Waals surface area (Å²) in [6.07, 6.45) is 7.17. The highest BCUT2D eigenvalue weighted by molar-refractivity contribution is 5.17.